The number of carbonyl (C=O) groups excluding carboxylic acids is 1. The molecule has 0 atom stereocenters. The van der Waals surface area contributed by atoms with Gasteiger partial charge in [-0.05, 0) is 62.5 Å². The van der Waals surface area contributed by atoms with Crippen molar-refractivity contribution in [2.24, 2.45) is 5.41 Å². The van der Waals surface area contributed by atoms with Gasteiger partial charge in [0.05, 0.1) is 28.7 Å². The van der Waals surface area contributed by atoms with Crippen LogP contribution in [0.25, 0.3) is 5.65 Å². The molecule has 1 aliphatic heterocycles. The molecule has 0 saturated heterocycles. The molecule has 3 aromatic rings. The second kappa shape index (κ2) is 6.00. The molecular weight excluding hydrogens is 378 g/mol. The van der Waals surface area contributed by atoms with Crippen LogP contribution in [0.15, 0.2) is 24.8 Å². The smallest absolute Gasteiger partial charge is 0.239 e. The Morgan fingerprint density at radius 3 is 2.67 bits per heavy atom. The van der Waals surface area contributed by atoms with Crippen molar-refractivity contribution in [3.05, 3.63) is 36.0 Å². The van der Waals surface area contributed by atoms with Crippen molar-refractivity contribution in [2.45, 2.75) is 57.3 Å². The van der Waals surface area contributed by atoms with E-state index in [9.17, 15) is 4.79 Å². The summed E-state index contributed by atoms with van der Waals surface area (Å²) in [6, 6.07) is 1.97. The van der Waals surface area contributed by atoms with Crippen molar-refractivity contribution in [3.8, 4) is 0 Å². The fourth-order valence-electron chi connectivity index (χ4n) is 5.62. The first-order valence-corrected chi connectivity index (χ1v) is 10.7. The van der Waals surface area contributed by atoms with Crippen molar-refractivity contribution in [2.75, 3.05) is 17.3 Å². The van der Waals surface area contributed by atoms with E-state index in [1.165, 1.54) is 19.3 Å². The van der Waals surface area contributed by atoms with E-state index in [1.54, 1.807) is 17.4 Å². The molecule has 30 heavy (non-hydrogen) atoms. The van der Waals surface area contributed by atoms with E-state index in [0.717, 1.165) is 54.0 Å². The van der Waals surface area contributed by atoms with E-state index < -0.39 is 5.41 Å². The quantitative estimate of drug-likeness (QED) is 0.704. The molecule has 2 aliphatic carbocycles. The maximum Gasteiger partial charge on any atom is 0.239 e. The van der Waals surface area contributed by atoms with Gasteiger partial charge in [0.2, 0.25) is 11.9 Å². The molecule has 8 nitrogen and oxygen atoms in total. The lowest BCUT2D eigenvalue weighted by Gasteiger charge is -2.49. The highest BCUT2D eigenvalue weighted by atomic mass is 16.2. The van der Waals surface area contributed by atoms with Crippen LogP contribution in [-0.2, 0) is 10.2 Å². The normalized spacial score (nSPS) is 21.3. The van der Waals surface area contributed by atoms with Crippen LogP contribution in [0.5, 0.6) is 0 Å². The summed E-state index contributed by atoms with van der Waals surface area (Å²) in [7, 11) is 1.85. The number of nitrogens with zero attached hydrogens (tertiary/aromatic N) is 6. The Balaban J connectivity index is 1.36. The Morgan fingerprint density at radius 2 is 1.93 bits per heavy atom. The Morgan fingerprint density at radius 1 is 1.13 bits per heavy atom. The molecule has 0 bridgehead atoms. The topological polar surface area (TPSA) is 88.3 Å². The summed E-state index contributed by atoms with van der Waals surface area (Å²) in [4.78, 5) is 24.5. The highest BCUT2D eigenvalue weighted by molar-refractivity contribution is 6.07. The molecule has 8 heteroatoms. The third-order valence-electron chi connectivity index (χ3n) is 7.76. The average Bonchev–Trinajstić information content (AvgIpc) is 3.25. The standard InChI is InChI=1S/C22H25N7O/c1-14-10-17-27-24-13-29(17)12-15(14)25-20-23-11-16-18(26-20)22(19(30)28(16)2)8-6-21(7-9-22)4-3-5-21/h10-13H,3-9H2,1-2H3,(H,23,25,26). The molecule has 6 rings (SSSR count). The van der Waals surface area contributed by atoms with Crippen molar-refractivity contribution in [3.63, 3.8) is 0 Å². The number of anilines is 3. The Hall–Kier alpha value is -3.03. The molecule has 0 aromatic carbocycles. The number of aryl methyl sites for hydroxylation is 1. The Kier molecular flexibility index (Phi) is 3.56. The first-order valence-electron chi connectivity index (χ1n) is 10.7. The van der Waals surface area contributed by atoms with E-state index in [0.29, 0.717) is 11.4 Å². The largest absolute Gasteiger partial charge is 0.323 e. The third-order valence-corrected chi connectivity index (χ3v) is 7.76. The summed E-state index contributed by atoms with van der Waals surface area (Å²) in [5.74, 6) is 0.705. The number of rotatable bonds is 2. The van der Waals surface area contributed by atoms with Crippen molar-refractivity contribution >= 4 is 28.9 Å². The molecule has 0 radical (unpaired) electrons. The number of pyridine rings is 1. The van der Waals surface area contributed by atoms with Gasteiger partial charge in [-0.3, -0.25) is 9.20 Å². The minimum atomic E-state index is -0.489. The van der Waals surface area contributed by atoms with Gasteiger partial charge in [-0.15, -0.1) is 10.2 Å². The van der Waals surface area contributed by atoms with Gasteiger partial charge in [-0.1, -0.05) is 6.42 Å². The van der Waals surface area contributed by atoms with Gasteiger partial charge < -0.3 is 10.2 Å². The molecule has 1 N–H and O–H groups in total. The zero-order valence-electron chi connectivity index (χ0n) is 17.4. The van der Waals surface area contributed by atoms with Crippen molar-refractivity contribution in [1.29, 1.82) is 0 Å². The molecule has 2 saturated carbocycles. The zero-order valence-corrected chi connectivity index (χ0v) is 17.4. The predicted octanol–water partition coefficient (Wildman–Crippen LogP) is 3.53. The molecule has 3 aromatic heterocycles. The molecule has 2 spiro atoms. The molecule has 1 amide bonds. The Labute approximate surface area is 174 Å². The van der Waals surface area contributed by atoms with Gasteiger partial charge in [0.15, 0.2) is 5.65 Å². The lowest BCUT2D eigenvalue weighted by molar-refractivity contribution is -0.125. The minimum absolute atomic E-state index is 0.181. The first kappa shape index (κ1) is 17.8. The van der Waals surface area contributed by atoms with E-state index in [4.69, 9.17) is 4.98 Å². The van der Waals surface area contributed by atoms with Crippen molar-refractivity contribution in [1.82, 2.24) is 24.6 Å². The first-order chi connectivity index (χ1) is 14.5. The SMILES string of the molecule is Cc1cc2nncn2cc1Nc1ncc2c(n1)C1(CCC3(CCC3)CC1)C(=O)N2C. The maximum absolute atomic E-state index is 13.3. The highest BCUT2D eigenvalue weighted by Gasteiger charge is 2.56. The molecule has 2 fully saturated rings. The summed E-state index contributed by atoms with van der Waals surface area (Å²) in [5, 5.41) is 11.4. The molecule has 3 aliphatic rings. The van der Waals surface area contributed by atoms with E-state index >= 15 is 0 Å². The summed E-state index contributed by atoms with van der Waals surface area (Å²) in [6.45, 7) is 2.02. The van der Waals surface area contributed by atoms with E-state index in [1.807, 2.05) is 30.6 Å². The van der Waals surface area contributed by atoms with Crippen LogP contribution in [-0.4, -0.2) is 37.5 Å². The van der Waals surface area contributed by atoms with Gasteiger partial charge in [0.1, 0.15) is 6.33 Å². The number of aromatic nitrogens is 5. The van der Waals surface area contributed by atoms with Crippen molar-refractivity contribution < 1.29 is 4.79 Å². The van der Waals surface area contributed by atoms with Crippen LogP contribution in [0.1, 0.15) is 56.2 Å². The van der Waals surface area contributed by atoms with Crippen LogP contribution in [0.3, 0.4) is 0 Å². The number of hydrogen-bond acceptors (Lipinski definition) is 6. The number of likely N-dealkylation sites (N-methyl/N-ethyl adjacent to an activating group) is 1. The van der Waals surface area contributed by atoms with E-state index in [-0.39, 0.29) is 5.91 Å². The zero-order chi connectivity index (χ0) is 20.5. The lowest BCUT2D eigenvalue weighted by atomic mass is 9.55. The number of fused-ring (bicyclic) bond motifs is 3. The van der Waals surface area contributed by atoms with Crippen LogP contribution in [0.2, 0.25) is 0 Å². The number of carbonyl (C=O) groups is 1. The number of amides is 1. The maximum atomic E-state index is 13.3. The minimum Gasteiger partial charge on any atom is -0.323 e. The van der Waals surface area contributed by atoms with Gasteiger partial charge in [0, 0.05) is 13.2 Å². The summed E-state index contributed by atoms with van der Waals surface area (Å²) in [6.07, 6.45) is 13.4. The van der Waals surface area contributed by atoms with Crippen LogP contribution in [0, 0.1) is 12.3 Å². The number of hydrogen-bond donors (Lipinski definition) is 1. The molecular formula is C22H25N7O. The summed E-state index contributed by atoms with van der Waals surface area (Å²) >= 11 is 0. The van der Waals surface area contributed by atoms with Gasteiger partial charge in [-0.25, -0.2) is 9.97 Å². The van der Waals surface area contributed by atoms with Crippen LogP contribution >= 0.6 is 0 Å². The second-order valence-electron chi connectivity index (χ2n) is 9.32. The third kappa shape index (κ3) is 2.36. The monoisotopic (exact) mass is 403 g/mol. The van der Waals surface area contributed by atoms with Gasteiger partial charge in [0.25, 0.3) is 0 Å². The van der Waals surface area contributed by atoms with Crippen LogP contribution < -0.4 is 10.2 Å². The summed E-state index contributed by atoms with van der Waals surface area (Å²) in [5.41, 5.74) is 4.47. The molecule has 154 valence electrons. The average molecular weight is 403 g/mol. The predicted molar refractivity (Wildman–Crippen MR) is 113 cm³/mol. The highest BCUT2D eigenvalue weighted by Crippen LogP contribution is 2.59. The Bertz CT molecular complexity index is 1170. The lowest BCUT2D eigenvalue weighted by Crippen LogP contribution is -2.46. The van der Waals surface area contributed by atoms with Crippen LogP contribution in [0.4, 0.5) is 17.3 Å². The molecule has 4 heterocycles. The fourth-order valence-corrected chi connectivity index (χ4v) is 5.62. The molecule has 0 unspecified atom stereocenters. The van der Waals surface area contributed by atoms with Gasteiger partial charge >= 0.3 is 0 Å². The van der Waals surface area contributed by atoms with Gasteiger partial charge in [-0.2, -0.15) is 0 Å². The van der Waals surface area contributed by atoms with E-state index in [2.05, 4.69) is 20.5 Å². The fraction of sp³-hybridized carbons (Fsp3) is 0.500. The second-order valence-corrected chi connectivity index (χ2v) is 9.32. The number of nitrogens with one attached hydrogen (secondary N) is 1. The summed E-state index contributed by atoms with van der Waals surface area (Å²) < 4.78 is 1.86.